The molecule has 0 saturated heterocycles. The molecule has 4 rings (SSSR count). The van der Waals surface area contributed by atoms with Crippen LogP contribution in [0, 0.1) is 5.82 Å². The quantitative estimate of drug-likeness (QED) is 0.574. The molecule has 0 unspecified atom stereocenters. The van der Waals surface area contributed by atoms with Gasteiger partial charge in [0.2, 0.25) is 0 Å². The predicted octanol–water partition coefficient (Wildman–Crippen LogP) is 4.55. The van der Waals surface area contributed by atoms with E-state index in [2.05, 4.69) is 20.5 Å². The maximum Gasteiger partial charge on any atom is 0.183 e. The molecule has 2 heterocycles. The molecule has 6 heteroatoms. The summed E-state index contributed by atoms with van der Waals surface area (Å²) in [6.45, 7) is 0.467. The van der Waals surface area contributed by atoms with Gasteiger partial charge in [0, 0.05) is 11.1 Å². The first kappa shape index (κ1) is 16.0. The summed E-state index contributed by atoms with van der Waals surface area (Å²) in [4.78, 5) is 4.60. The second-order valence-electron chi connectivity index (χ2n) is 5.64. The minimum absolute atomic E-state index is 0.307. The van der Waals surface area contributed by atoms with E-state index in [1.807, 2.05) is 42.5 Å². The highest BCUT2D eigenvalue weighted by atomic mass is 19.1. The number of nitrogens with one attached hydrogen (secondary N) is 1. The SMILES string of the molecule is Fc1ccc(-c2nnc(-c3ccccc3)c(NCc3ccco3)n2)cc1. The van der Waals surface area contributed by atoms with Crippen molar-refractivity contribution in [2.75, 3.05) is 5.32 Å². The monoisotopic (exact) mass is 346 g/mol. The van der Waals surface area contributed by atoms with Crippen molar-refractivity contribution >= 4 is 5.82 Å². The van der Waals surface area contributed by atoms with Crippen molar-refractivity contribution < 1.29 is 8.81 Å². The Kier molecular flexibility index (Phi) is 4.38. The number of hydrogen-bond donors (Lipinski definition) is 1. The number of hydrogen-bond acceptors (Lipinski definition) is 5. The van der Waals surface area contributed by atoms with Gasteiger partial charge in [0.05, 0.1) is 12.8 Å². The summed E-state index contributed by atoms with van der Waals surface area (Å²) in [5.41, 5.74) is 2.24. The third kappa shape index (κ3) is 3.44. The maximum absolute atomic E-state index is 13.2. The van der Waals surface area contributed by atoms with Crippen LogP contribution in [0.25, 0.3) is 22.6 Å². The predicted molar refractivity (Wildman–Crippen MR) is 96.7 cm³/mol. The van der Waals surface area contributed by atoms with Gasteiger partial charge in [-0.1, -0.05) is 30.3 Å². The lowest BCUT2D eigenvalue weighted by Gasteiger charge is -2.10. The lowest BCUT2D eigenvalue weighted by atomic mass is 10.1. The zero-order valence-corrected chi connectivity index (χ0v) is 13.8. The van der Waals surface area contributed by atoms with Crippen LogP contribution in [0.2, 0.25) is 0 Å². The third-order valence-electron chi connectivity index (χ3n) is 3.85. The molecule has 0 atom stereocenters. The molecule has 128 valence electrons. The van der Waals surface area contributed by atoms with Gasteiger partial charge in [-0.2, -0.15) is 0 Å². The number of furan rings is 1. The average molecular weight is 346 g/mol. The molecule has 2 aromatic carbocycles. The molecule has 26 heavy (non-hydrogen) atoms. The molecule has 0 amide bonds. The fourth-order valence-corrected chi connectivity index (χ4v) is 2.54. The molecular formula is C20H15FN4O. The zero-order valence-electron chi connectivity index (χ0n) is 13.8. The maximum atomic E-state index is 13.2. The molecule has 0 saturated carbocycles. The van der Waals surface area contributed by atoms with Crippen LogP contribution in [-0.2, 0) is 6.54 Å². The summed E-state index contributed by atoms with van der Waals surface area (Å²) in [5, 5.41) is 11.8. The van der Waals surface area contributed by atoms with Gasteiger partial charge in [0.15, 0.2) is 11.6 Å². The van der Waals surface area contributed by atoms with Crippen LogP contribution in [0.5, 0.6) is 0 Å². The molecule has 0 spiro atoms. The minimum Gasteiger partial charge on any atom is -0.467 e. The van der Waals surface area contributed by atoms with Crippen LogP contribution in [0.1, 0.15) is 5.76 Å². The molecule has 0 radical (unpaired) electrons. The van der Waals surface area contributed by atoms with Crippen molar-refractivity contribution in [1.29, 1.82) is 0 Å². The van der Waals surface area contributed by atoms with E-state index in [4.69, 9.17) is 4.42 Å². The van der Waals surface area contributed by atoms with E-state index in [0.717, 1.165) is 11.3 Å². The van der Waals surface area contributed by atoms with Crippen LogP contribution in [-0.4, -0.2) is 15.2 Å². The van der Waals surface area contributed by atoms with E-state index in [-0.39, 0.29) is 5.82 Å². The molecule has 0 aliphatic heterocycles. The smallest absolute Gasteiger partial charge is 0.183 e. The molecule has 2 aromatic heterocycles. The number of halogens is 1. The first-order valence-electron chi connectivity index (χ1n) is 8.12. The second-order valence-corrected chi connectivity index (χ2v) is 5.64. The van der Waals surface area contributed by atoms with Crippen LogP contribution < -0.4 is 5.32 Å². The summed E-state index contributed by atoms with van der Waals surface area (Å²) in [5.74, 6) is 1.48. The molecule has 0 bridgehead atoms. The van der Waals surface area contributed by atoms with Crippen LogP contribution in [0.3, 0.4) is 0 Å². The van der Waals surface area contributed by atoms with E-state index in [1.54, 1.807) is 18.4 Å². The van der Waals surface area contributed by atoms with Gasteiger partial charge in [-0.3, -0.25) is 0 Å². The van der Waals surface area contributed by atoms with E-state index in [0.29, 0.717) is 29.4 Å². The van der Waals surface area contributed by atoms with E-state index < -0.39 is 0 Å². The van der Waals surface area contributed by atoms with Crippen molar-refractivity contribution in [1.82, 2.24) is 15.2 Å². The molecule has 5 nitrogen and oxygen atoms in total. The van der Waals surface area contributed by atoms with Crippen molar-refractivity contribution in [3.8, 4) is 22.6 Å². The first-order valence-corrected chi connectivity index (χ1v) is 8.12. The molecule has 0 aliphatic carbocycles. The van der Waals surface area contributed by atoms with E-state index >= 15 is 0 Å². The lowest BCUT2D eigenvalue weighted by Crippen LogP contribution is -2.06. The largest absolute Gasteiger partial charge is 0.467 e. The Morgan fingerprint density at radius 2 is 1.65 bits per heavy atom. The number of nitrogens with zero attached hydrogens (tertiary/aromatic N) is 3. The van der Waals surface area contributed by atoms with Crippen molar-refractivity contribution in [3.63, 3.8) is 0 Å². The molecular weight excluding hydrogens is 331 g/mol. The van der Waals surface area contributed by atoms with Gasteiger partial charge in [-0.05, 0) is 36.4 Å². The van der Waals surface area contributed by atoms with Crippen LogP contribution in [0.15, 0.2) is 77.4 Å². The van der Waals surface area contributed by atoms with E-state index in [1.165, 1.54) is 12.1 Å². The Balaban J connectivity index is 1.72. The summed E-state index contributed by atoms with van der Waals surface area (Å²) >= 11 is 0. The van der Waals surface area contributed by atoms with Gasteiger partial charge >= 0.3 is 0 Å². The first-order chi connectivity index (χ1) is 12.8. The van der Waals surface area contributed by atoms with Gasteiger partial charge in [0.1, 0.15) is 17.3 Å². The Morgan fingerprint density at radius 3 is 2.38 bits per heavy atom. The number of anilines is 1. The second kappa shape index (κ2) is 7.14. The summed E-state index contributed by atoms with van der Waals surface area (Å²) in [6.07, 6.45) is 1.62. The Hall–Kier alpha value is -3.54. The standard InChI is InChI=1S/C20H15FN4O/c21-16-10-8-15(9-11-16)19-23-20(22-13-17-7-4-12-26-17)18(24-25-19)14-5-2-1-3-6-14/h1-12H,13H2,(H,22,23,25). The van der Waals surface area contributed by atoms with E-state index in [9.17, 15) is 4.39 Å². The van der Waals surface area contributed by atoms with Gasteiger partial charge in [-0.15, -0.1) is 10.2 Å². The molecule has 0 fully saturated rings. The summed E-state index contributed by atoms with van der Waals surface area (Å²) in [7, 11) is 0. The molecule has 0 aliphatic rings. The highest BCUT2D eigenvalue weighted by molar-refractivity contribution is 5.72. The fraction of sp³-hybridized carbons (Fsp3) is 0.0500. The van der Waals surface area contributed by atoms with Crippen LogP contribution >= 0.6 is 0 Å². The lowest BCUT2D eigenvalue weighted by molar-refractivity contribution is 0.518. The molecule has 1 N–H and O–H groups in total. The number of benzene rings is 2. The number of rotatable bonds is 5. The topological polar surface area (TPSA) is 63.8 Å². The minimum atomic E-state index is -0.307. The zero-order chi connectivity index (χ0) is 17.8. The summed E-state index contributed by atoms with van der Waals surface area (Å²) < 4.78 is 18.5. The Labute approximate surface area is 149 Å². The van der Waals surface area contributed by atoms with Gasteiger partial charge < -0.3 is 9.73 Å². The Bertz CT molecular complexity index is 986. The van der Waals surface area contributed by atoms with Gasteiger partial charge in [-0.25, -0.2) is 9.37 Å². The highest BCUT2D eigenvalue weighted by Crippen LogP contribution is 2.26. The summed E-state index contributed by atoms with van der Waals surface area (Å²) in [6, 6.07) is 19.4. The average Bonchev–Trinajstić information content (AvgIpc) is 3.21. The Morgan fingerprint density at radius 1 is 0.846 bits per heavy atom. The van der Waals surface area contributed by atoms with Crippen molar-refractivity contribution in [2.45, 2.75) is 6.54 Å². The van der Waals surface area contributed by atoms with Gasteiger partial charge in [0.25, 0.3) is 0 Å². The van der Waals surface area contributed by atoms with Crippen molar-refractivity contribution in [2.24, 2.45) is 0 Å². The third-order valence-corrected chi connectivity index (χ3v) is 3.85. The highest BCUT2D eigenvalue weighted by Gasteiger charge is 2.13. The van der Waals surface area contributed by atoms with Crippen LogP contribution in [0.4, 0.5) is 10.2 Å². The molecule has 4 aromatic rings. The van der Waals surface area contributed by atoms with Crippen molar-refractivity contribution in [3.05, 3.63) is 84.6 Å². The fourth-order valence-electron chi connectivity index (χ4n) is 2.54. The number of aromatic nitrogens is 3. The normalized spacial score (nSPS) is 10.7.